The summed E-state index contributed by atoms with van der Waals surface area (Å²) in [5.74, 6) is 0.481. The molecule has 1 heterocycles. The Bertz CT molecular complexity index is 365. The van der Waals surface area contributed by atoms with Gasteiger partial charge in [0.2, 0.25) is 0 Å². The molecular formula is C14H31N3O2S. The van der Waals surface area contributed by atoms with Crippen LogP contribution in [-0.2, 0) is 10.2 Å². The van der Waals surface area contributed by atoms with Gasteiger partial charge in [0, 0.05) is 25.7 Å². The molecule has 1 fully saturated rings. The third-order valence-electron chi connectivity index (χ3n) is 4.34. The molecule has 1 atom stereocenters. The predicted molar refractivity (Wildman–Crippen MR) is 83.6 cm³/mol. The number of nitrogens with two attached hydrogens (primary N) is 1. The van der Waals surface area contributed by atoms with Crippen LogP contribution in [0.2, 0.25) is 0 Å². The van der Waals surface area contributed by atoms with Crippen molar-refractivity contribution in [2.75, 3.05) is 26.2 Å². The second kappa shape index (κ2) is 8.32. The summed E-state index contributed by atoms with van der Waals surface area (Å²) in [5, 5.41) is 0. The lowest BCUT2D eigenvalue weighted by Crippen LogP contribution is -2.50. The van der Waals surface area contributed by atoms with Gasteiger partial charge in [-0.15, -0.1) is 0 Å². The Morgan fingerprint density at radius 1 is 1.30 bits per heavy atom. The predicted octanol–water partition coefficient (Wildman–Crippen LogP) is 1.80. The molecular weight excluding hydrogens is 274 g/mol. The highest BCUT2D eigenvalue weighted by Crippen LogP contribution is 2.22. The first-order chi connectivity index (χ1) is 9.47. The Morgan fingerprint density at radius 2 is 1.90 bits per heavy atom. The zero-order valence-corrected chi connectivity index (χ0v) is 14.0. The summed E-state index contributed by atoms with van der Waals surface area (Å²) in [6.07, 6.45) is 4.55. The first-order valence-corrected chi connectivity index (χ1v) is 9.34. The van der Waals surface area contributed by atoms with E-state index in [-0.39, 0.29) is 6.04 Å². The normalized spacial score (nSPS) is 20.4. The molecule has 1 rings (SSSR count). The molecule has 0 aromatic carbocycles. The monoisotopic (exact) mass is 305 g/mol. The molecule has 0 saturated carbocycles. The van der Waals surface area contributed by atoms with Gasteiger partial charge in [-0.3, -0.25) is 0 Å². The van der Waals surface area contributed by atoms with Crippen LogP contribution in [0.1, 0.15) is 52.9 Å². The van der Waals surface area contributed by atoms with Crippen molar-refractivity contribution < 1.29 is 8.42 Å². The van der Waals surface area contributed by atoms with E-state index in [4.69, 9.17) is 5.73 Å². The van der Waals surface area contributed by atoms with Gasteiger partial charge in [-0.1, -0.05) is 20.3 Å². The van der Waals surface area contributed by atoms with Crippen LogP contribution in [0.25, 0.3) is 0 Å². The van der Waals surface area contributed by atoms with Gasteiger partial charge in [-0.05, 0) is 45.1 Å². The minimum Gasteiger partial charge on any atom is -0.330 e. The number of piperidine rings is 1. The van der Waals surface area contributed by atoms with E-state index in [0.29, 0.717) is 32.1 Å². The highest BCUT2D eigenvalue weighted by Gasteiger charge is 2.34. The summed E-state index contributed by atoms with van der Waals surface area (Å²) >= 11 is 0. The van der Waals surface area contributed by atoms with E-state index in [1.165, 1.54) is 0 Å². The fraction of sp³-hybridized carbons (Fsp3) is 1.00. The minimum absolute atomic E-state index is 0.0683. The van der Waals surface area contributed by atoms with Crippen molar-refractivity contribution in [2.24, 2.45) is 11.7 Å². The molecule has 20 heavy (non-hydrogen) atoms. The molecule has 120 valence electrons. The van der Waals surface area contributed by atoms with E-state index in [1.807, 2.05) is 13.8 Å². The second-order valence-electron chi connectivity index (χ2n) is 5.81. The van der Waals surface area contributed by atoms with E-state index in [1.54, 1.807) is 8.61 Å². The Morgan fingerprint density at radius 3 is 2.35 bits per heavy atom. The molecule has 0 amide bonds. The molecule has 2 N–H and O–H groups in total. The Hall–Kier alpha value is -0.170. The summed E-state index contributed by atoms with van der Waals surface area (Å²) in [6.45, 7) is 8.66. The number of nitrogens with zero attached hydrogens (tertiary/aromatic N) is 2. The van der Waals surface area contributed by atoms with Crippen LogP contribution in [0.5, 0.6) is 0 Å². The summed E-state index contributed by atoms with van der Waals surface area (Å²) in [5.41, 5.74) is 5.67. The Labute approximate surface area is 124 Å². The van der Waals surface area contributed by atoms with Gasteiger partial charge < -0.3 is 5.73 Å². The van der Waals surface area contributed by atoms with Crippen LogP contribution in [0, 0.1) is 5.92 Å². The van der Waals surface area contributed by atoms with Crippen molar-refractivity contribution in [1.82, 2.24) is 8.61 Å². The fourth-order valence-electron chi connectivity index (χ4n) is 2.60. The highest BCUT2D eigenvalue weighted by molar-refractivity contribution is 7.86. The first kappa shape index (κ1) is 17.9. The fourth-order valence-corrected chi connectivity index (χ4v) is 4.54. The largest absolute Gasteiger partial charge is 0.330 e. The van der Waals surface area contributed by atoms with Gasteiger partial charge in [-0.25, -0.2) is 0 Å². The van der Waals surface area contributed by atoms with Crippen molar-refractivity contribution in [3.63, 3.8) is 0 Å². The maximum Gasteiger partial charge on any atom is 0.282 e. The van der Waals surface area contributed by atoms with Crippen LogP contribution in [0.15, 0.2) is 0 Å². The lowest BCUT2D eigenvalue weighted by atomic mass is 9.99. The summed E-state index contributed by atoms with van der Waals surface area (Å²) in [7, 11) is -3.31. The smallest absolute Gasteiger partial charge is 0.282 e. The molecule has 0 bridgehead atoms. The number of hydrogen-bond acceptors (Lipinski definition) is 3. The molecule has 1 unspecified atom stereocenters. The average molecular weight is 305 g/mol. The zero-order chi connectivity index (χ0) is 15.2. The lowest BCUT2D eigenvalue weighted by Gasteiger charge is -2.36. The molecule has 0 aromatic rings. The van der Waals surface area contributed by atoms with Crippen molar-refractivity contribution in [3.05, 3.63) is 0 Å². The molecule has 1 saturated heterocycles. The Balaban J connectivity index is 2.77. The topological polar surface area (TPSA) is 66.6 Å². The number of unbranched alkanes of at least 4 members (excludes halogenated alkanes) is 1. The van der Waals surface area contributed by atoms with Crippen molar-refractivity contribution in [2.45, 2.75) is 58.9 Å². The van der Waals surface area contributed by atoms with E-state index >= 15 is 0 Å². The van der Waals surface area contributed by atoms with Crippen molar-refractivity contribution in [3.8, 4) is 0 Å². The zero-order valence-electron chi connectivity index (χ0n) is 13.2. The molecule has 6 heteroatoms. The first-order valence-electron chi connectivity index (χ1n) is 7.94. The van der Waals surface area contributed by atoms with Crippen LogP contribution >= 0.6 is 0 Å². The van der Waals surface area contributed by atoms with Gasteiger partial charge in [0.1, 0.15) is 0 Å². The summed E-state index contributed by atoms with van der Waals surface area (Å²) in [4.78, 5) is 0. The third kappa shape index (κ3) is 4.41. The van der Waals surface area contributed by atoms with E-state index < -0.39 is 10.2 Å². The second-order valence-corrected chi connectivity index (χ2v) is 7.69. The van der Waals surface area contributed by atoms with Gasteiger partial charge in [0.05, 0.1) is 0 Å². The SMILES string of the molecule is CCCCN(C(C)CC)S(=O)(=O)N1CCC(CN)CC1. The lowest BCUT2D eigenvalue weighted by molar-refractivity contribution is 0.240. The quantitative estimate of drug-likeness (QED) is 0.743. The van der Waals surface area contributed by atoms with E-state index in [0.717, 1.165) is 32.1 Å². The van der Waals surface area contributed by atoms with Crippen LogP contribution in [-0.4, -0.2) is 49.2 Å². The maximum atomic E-state index is 12.8. The van der Waals surface area contributed by atoms with Crippen molar-refractivity contribution >= 4 is 10.2 Å². The van der Waals surface area contributed by atoms with Crippen LogP contribution < -0.4 is 5.73 Å². The molecule has 1 aliphatic rings. The molecule has 1 aliphatic heterocycles. The summed E-state index contributed by atoms with van der Waals surface area (Å²) in [6, 6.07) is 0.0683. The van der Waals surface area contributed by atoms with E-state index in [2.05, 4.69) is 6.92 Å². The van der Waals surface area contributed by atoms with Gasteiger partial charge in [-0.2, -0.15) is 17.0 Å². The average Bonchev–Trinajstić information content (AvgIpc) is 2.47. The molecule has 0 radical (unpaired) electrons. The maximum absolute atomic E-state index is 12.8. The molecule has 0 aliphatic carbocycles. The van der Waals surface area contributed by atoms with Gasteiger partial charge in [0.15, 0.2) is 0 Å². The van der Waals surface area contributed by atoms with Gasteiger partial charge in [0.25, 0.3) is 10.2 Å². The van der Waals surface area contributed by atoms with Gasteiger partial charge >= 0.3 is 0 Å². The molecule has 5 nitrogen and oxygen atoms in total. The standard InChI is InChI=1S/C14H31N3O2S/c1-4-6-9-17(13(3)5-2)20(18,19)16-10-7-14(12-15)8-11-16/h13-14H,4-12,15H2,1-3H3. The molecule has 0 spiro atoms. The van der Waals surface area contributed by atoms with Crippen molar-refractivity contribution in [1.29, 1.82) is 0 Å². The number of rotatable bonds is 8. The number of hydrogen-bond donors (Lipinski definition) is 1. The van der Waals surface area contributed by atoms with E-state index in [9.17, 15) is 8.42 Å². The summed E-state index contributed by atoms with van der Waals surface area (Å²) < 4.78 is 29.0. The van der Waals surface area contributed by atoms with Crippen LogP contribution in [0.4, 0.5) is 0 Å². The Kier molecular flexibility index (Phi) is 7.43. The third-order valence-corrected chi connectivity index (χ3v) is 6.50. The van der Waals surface area contributed by atoms with Crippen LogP contribution in [0.3, 0.4) is 0 Å². The molecule has 0 aromatic heterocycles. The minimum atomic E-state index is -3.31. The highest BCUT2D eigenvalue weighted by atomic mass is 32.2.